The molecule has 0 saturated heterocycles. The highest BCUT2D eigenvalue weighted by molar-refractivity contribution is 4.77. The Balaban J connectivity index is 2.26. The van der Waals surface area contributed by atoms with Gasteiger partial charge < -0.3 is 4.74 Å². The molecule has 0 aromatic rings. The van der Waals surface area contributed by atoms with Crippen LogP contribution in [0.2, 0.25) is 0 Å². The minimum Gasteiger partial charge on any atom is -0.373 e. The van der Waals surface area contributed by atoms with Crippen LogP contribution in [0.25, 0.3) is 0 Å². The van der Waals surface area contributed by atoms with E-state index in [1.807, 2.05) is 13.8 Å². The number of halogens is 1. The largest absolute Gasteiger partial charge is 0.373 e. The summed E-state index contributed by atoms with van der Waals surface area (Å²) in [5, 5.41) is 0. The summed E-state index contributed by atoms with van der Waals surface area (Å²) in [4.78, 5) is 0. The van der Waals surface area contributed by atoms with Crippen LogP contribution in [0, 0.1) is 0 Å². The van der Waals surface area contributed by atoms with Gasteiger partial charge in [-0.05, 0) is 33.1 Å². The SMILES string of the molecule is CC(C)O[C@@H]1CCC[C@H]1F. The van der Waals surface area contributed by atoms with E-state index in [0.717, 1.165) is 12.8 Å². The van der Waals surface area contributed by atoms with Gasteiger partial charge in [-0.1, -0.05) is 0 Å². The van der Waals surface area contributed by atoms with Gasteiger partial charge in [0.2, 0.25) is 0 Å². The molecule has 0 heterocycles. The van der Waals surface area contributed by atoms with Gasteiger partial charge in [-0.3, -0.25) is 0 Å². The van der Waals surface area contributed by atoms with Crippen molar-refractivity contribution in [3.05, 3.63) is 0 Å². The molecule has 0 aromatic carbocycles. The topological polar surface area (TPSA) is 9.23 Å². The summed E-state index contributed by atoms with van der Waals surface area (Å²) in [5.74, 6) is 0. The van der Waals surface area contributed by atoms with Crippen LogP contribution < -0.4 is 0 Å². The first-order valence-electron chi connectivity index (χ1n) is 3.99. The third-order valence-electron chi connectivity index (χ3n) is 1.82. The van der Waals surface area contributed by atoms with Crippen molar-refractivity contribution >= 4 is 0 Å². The minimum absolute atomic E-state index is 0.111. The van der Waals surface area contributed by atoms with Crippen LogP contribution in [0.1, 0.15) is 33.1 Å². The first kappa shape index (κ1) is 7.99. The third kappa shape index (κ3) is 1.94. The molecule has 60 valence electrons. The summed E-state index contributed by atoms with van der Waals surface area (Å²) in [7, 11) is 0. The monoisotopic (exact) mass is 146 g/mol. The van der Waals surface area contributed by atoms with Gasteiger partial charge in [0.15, 0.2) is 0 Å². The van der Waals surface area contributed by atoms with Gasteiger partial charge in [0.25, 0.3) is 0 Å². The second-order valence-corrected chi connectivity index (χ2v) is 3.17. The molecule has 2 atom stereocenters. The number of alkyl halides is 1. The molecule has 0 radical (unpaired) electrons. The molecule has 0 aliphatic heterocycles. The maximum atomic E-state index is 12.8. The Morgan fingerprint density at radius 3 is 2.50 bits per heavy atom. The summed E-state index contributed by atoms with van der Waals surface area (Å²) in [5.41, 5.74) is 0. The van der Waals surface area contributed by atoms with E-state index < -0.39 is 6.17 Å². The fraction of sp³-hybridized carbons (Fsp3) is 1.00. The molecule has 1 saturated carbocycles. The lowest BCUT2D eigenvalue weighted by molar-refractivity contribution is -0.0223. The second-order valence-electron chi connectivity index (χ2n) is 3.17. The van der Waals surface area contributed by atoms with Crippen molar-refractivity contribution in [3.8, 4) is 0 Å². The second kappa shape index (κ2) is 3.33. The fourth-order valence-corrected chi connectivity index (χ4v) is 1.38. The number of hydrogen-bond donors (Lipinski definition) is 0. The van der Waals surface area contributed by atoms with Gasteiger partial charge in [0.05, 0.1) is 12.2 Å². The van der Waals surface area contributed by atoms with Gasteiger partial charge >= 0.3 is 0 Å². The van der Waals surface area contributed by atoms with Gasteiger partial charge in [-0.2, -0.15) is 0 Å². The number of rotatable bonds is 2. The summed E-state index contributed by atoms with van der Waals surface area (Å²) >= 11 is 0. The Morgan fingerprint density at radius 1 is 1.40 bits per heavy atom. The Bertz CT molecular complexity index is 103. The molecule has 0 aromatic heterocycles. The van der Waals surface area contributed by atoms with E-state index in [2.05, 4.69) is 0 Å². The molecule has 0 spiro atoms. The zero-order chi connectivity index (χ0) is 7.56. The van der Waals surface area contributed by atoms with Crippen LogP contribution in [0.15, 0.2) is 0 Å². The molecule has 0 unspecified atom stereocenters. The molecule has 0 amide bonds. The maximum absolute atomic E-state index is 12.8. The molecular formula is C8H15FO. The van der Waals surface area contributed by atoms with E-state index in [-0.39, 0.29) is 12.2 Å². The molecule has 1 nitrogen and oxygen atoms in total. The van der Waals surface area contributed by atoms with Crippen molar-refractivity contribution in [1.82, 2.24) is 0 Å². The van der Waals surface area contributed by atoms with Gasteiger partial charge in [0.1, 0.15) is 6.17 Å². The molecule has 10 heavy (non-hydrogen) atoms. The molecule has 1 aliphatic rings. The smallest absolute Gasteiger partial charge is 0.126 e. The van der Waals surface area contributed by atoms with Gasteiger partial charge in [-0.25, -0.2) is 4.39 Å². The molecule has 0 bridgehead atoms. The van der Waals surface area contributed by atoms with Crippen LogP contribution in [0.5, 0.6) is 0 Å². The highest BCUT2D eigenvalue weighted by Gasteiger charge is 2.27. The third-order valence-corrected chi connectivity index (χ3v) is 1.82. The maximum Gasteiger partial charge on any atom is 0.126 e. The summed E-state index contributed by atoms with van der Waals surface area (Å²) in [6.07, 6.45) is 1.93. The quantitative estimate of drug-likeness (QED) is 0.580. The lowest BCUT2D eigenvalue weighted by atomic mass is 10.3. The molecule has 1 fully saturated rings. The summed E-state index contributed by atoms with van der Waals surface area (Å²) < 4.78 is 18.2. The average Bonchev–Trinajstić information content (AvgIpc) is 2.15. The average molecular weight is 146 g/mol. The van der Waals surface area contributed by atoms with Crippen LogP contribution in [-0.4, -0.2) is 18.4 Å². The Hall–Kier alpha value is -0.110. The first-order valence-corrected chi connectivity index (χ1v) is 3.99. The first-order chi connectivity index (χ1) is 4.70. The fourth-order valence-electron chi connectivity index (χ4n) is 1.38. The highest BCUT2D eigenvalue weighted by Crippen LogP contribution is 2.25. The zero-order valence-corrected chi connectivity index (χ0v) is 6.64. The number of ether oxygens (including phenoxy) is 1. The van der Waals surface area contributed by atoms with Gasteiger partial charge in [-0.15, -0.1) is 0 Å². The van der Waals surface area contributed by atoms with Gasteiger partial charge in [0, 0.05) is 0 Å². The molecule has 1 rings (SSSR count). The normalized spacial score (nSPS) is 33.6. The Morgan fingerprint density at radius 2 is 2.10 bits per heavy atom. The predicted octanol–water partition coefficient (Wildman–Crippen LogP) is 2.30. The lowest BCUT2D eigenvalue weighted by Crippen LogP contribution is -2.22. The van der Waals surface area contributed by atoms with E-state index in [1.54, 1.807) is 0 Å². The lowest BCUT2D eigenvalue weighted by Gasteiger charge is -2.16. The molecule has 2 heteroatoms. The molecular weight excluding hydrogens is 131 g/mol. The van der Waals surface area contributed by atoms with Crippen LogP contribution in [0.3, 0.4) is 0 Å². The standard InChI is InChI=1S/C8H15FO/c1-6(2)10-8-5-3-4-7(8)9/h6-8H,3-5H2,1-2H3/t7-,8-/m1/s1. The highest BCUT2D eigenvalue weighted by atomic mass is 19.1. The number of hydrogen-bond acceptors (Lipinski definition) is 1. The summed E-state index contributed by atoms with van der Waals surface area (Å²) in [6, 6.07) is 0. The van der Waals surface area contributed by atoms with E-state index in [9.17, 15) is 4.39 Å². The van der Waals surface area contributed by atoms with Crippen molar-refractivity contribution in [2.45, 2.75) is 51.5 Å². The van der Waals surface area contributed by atoms with E-state index in [4.69, 9.17) is 4.74 Å². The molecule has 0 N–H and O–H groups in total. The minimum atomic E-state index is -0.706. The van der Waals surface area contributed by atoms with Crippen molar-refractivity contribution in [2.24, 2.45) is 0 Å². The zero-order valence-electron chi connectivity index (χ0n) is 6.64. The van der Waals surface area contributed by atoms with Crippen molar-refractivity contribution in [3.63, 3.8) is 0 Å². The Labute approximate surface area is 61.6 Å². The van der Waals surface area contributed by atoms with Crippen molar-refractivity contribution in [1.29, 1.82) is 0 Å². The summed E-state index contributed by atoms with van der Waals surface area (Å²) in [6.45, 7) is 3.90. The molecule has 1 aliphatic carbocycles. The Kier molecular flexibility index (Phi) is 2.66. The van der Waals surface area contributed by atoms with Crippen molar-refractivity contribution in [2.75, 3.05) is 0 Å². The van der Waals surface area contributed by atoms with Crippen LogP contribution in [-0.2, 0) is 4.74 Å². The van der Waals surface area contributed by atoms with Crippen molar-refractivity contribution < 1.29 is 9.13 Å². The van der Waals surface area contributed by atoms with E-state index in [1.165, 1.54) is 0 Å². The van der Waals surface area contributed by atoms with Crippen LogP contribution >= 0.6 is 0 Å². The van der Waals surface area contributed by atoms with E-state index in [0.29, 0.717) is 6.42 Å². The van der Waals surface area contributed by atoms with Crippen LogP contribution in [0.4, 0.5) is 4.39 Å². The predicted molar refractivity (Wildman–Crippen MR) is 38.8 cm³/mol. The van der Waals surface area contributed by atoms with E-state index >= 15 is 0 Å².